The van der Waals surface area contributed by atoms with Gasteiger partial charge in [0.2, 0.25) is 5.91 Å². The molecule has 0 unspecified atom stereocenters. The number of nitrogens with zero attached hydrogens (tertiary/aromatic N) is 3. The predicted molar refractivity (Wildman–Crippen MR) is 94.6 cm³/mol. The van der Waals surface area contributed by atoms with Crippen LogP contribution in [0.15, 0.2) is 53.3 Å². The smallest absolute Gasteiger partial charge is 0.220 e. The molecule has 2 heterocycles. The highest BCUT2D eigenvalue weighted by Crippen LogP contribution is 2.21. The van der Waals surface area contributed by atoms with E-state index in [9.17, 15) is 9.18 Å². The van der Waals surface area contributed by atoms with Crippen LogP contribution in [-0.4, -0.2) is 27.2 Å². The van der Waals surface area contributed by atoms with Crippen LogP contribution in [0.4, 0.5) is 4.39 Å². The van der Waals surface area contributed by atoms with Crippen molar-refractivity contribution in [2.75, 3.05) is 6.54 Å². The Bertz CT molecular complexity index is 828. The zero-order valence-electron chi connectivity index (χ0n) is 14.6. The molecule has 1 N–H and O–H groups in total. The van der Waals surface area contributed by atoms with Gasteiger partial charge in [-0.05, 0) is 36.2 Å². The van der Waals surface area contributed by atoms with E-state index < -0.39 is 0 Å². The van der Waals surface area contributed by atoms with Crippen LogP contribution in [0.3, 0.4) is 0 Å². The first-order chi connectivity index (χ1) is 12.6. The number of hydrogen-bond donors (Lipinski definition) is 1. The van der Waals surface area contributed by atoms with Crippen molar-refractivity contribution in [1.29, 1.82) is 0 Å². The van der Waals surface area contributed by atoms with Crippen molar-refractivity contribution in [3.8, 4) is 11.3 Å². The number of hydrogen-bond acceptors (Lipinski definition) is 4. The Hall–Kier alpha value is -2.96. The van der Waals surface area contributed by atoms with E-state index in [1.165, 1.54) is 12.1 Å². The summed E-state index contributed by atoms with van der Waals surface area (Å²) in [6.07, 6.45) is 5.95. The zero-order chi connectivity index (χ0) is 18.4. The molecule has 26 heavy (non-hydrogen) atoms. The molecule has 0 saturated carbocycles. The number of carbonyl (C=O) groups excluding carboxylic acids is 1. The molecule has 7 heteroatoms. The van der Waals surface area contributed by atoms with E-state index in [-0.39, 0.29) is 17.6 Å². The third-order valence-corrected chi connectivity index (χ3v) is 3.95. The van der Waals surface area contributed by atoms with E-state index in [4.69, 9.17) is 4.42 Å². The molecule has 2 aromatic heterocycles. The molecule has 1 aromatic carbocycles. The van der Waals surface area contributed by atoms with Crippen molar-refractivity contribution in [3.05, 3.63) is 60.6 Å². The molecule has 1 atom stereocenters. The highest BCUT2D eigenvalue weighted by atomic mass is 19.1. The van der Waals surface area contributed by atoms with Crippen molar-refractivity contribution >= 4 is 5.91 Å². The van der Waals surface area contributed by atoms with Crippen molar-refractivity contribution in [2.45, 2.75) is 26.3 Å². The minimum atomic E-state index is -0.299. The first kappa shape index (κ1) is 17.8. The quantitative estimate of drug-likeness (QED) is 0.673. The maximum absolute atomic E-state index is 13.0. The maximum Gasteiger partial charge on any atom is 0.220 e. The Morgan fingerprint density at radius 3 is 2.88 bits per heavy atom. The number of aromatic nitrogens is 3. The standard InChI is InChI=1S/C19H21FN4O2/c1-14(13-24-10-2-9-23-24)11-21-18(25)7-8-19-22-12-17(26-19)15-3-5-16(20)6-4-15/h2-6,9-10,12,14H,7-8,11,13H2,1H3,(H,21,25)/t14-/m0/s1. The fraction of sp³-hybridized carbons (Fsp3) is 0.316. The molecule has 0 fully saturated rings. The third kappa shape index (κ3) is 5.02. The summed E-state index contributed by atoms with van der Waals surface area (Å²) in [7, 11) is 0. The van der Waals surface area contributed by atoms with Crippen LogP contribution in [0.1, 0.15) is 19.2 Å². The van der Waals surface area contributed by atoms with E-state index in [0.717, 1.165) is 12.1 Å². The minimum absolute atomic E-state index is 0.0427. The molecule has 0 aliphatic carbocycles. The van der Waals surface area contributed by atoms with E-state index in [0.29, 0.717) is 31.0 Å². The van der Waals surface area contributed by atoms with Gasteiger partial charge in [0.1, 0.15) is 5.82 Å². The molecule has 136 valence electrons. The van der Waals surface area contributed by atoms with Crippen molar-refractivity contribution < 1.29 is 13.6 Å². The molecule has 3 rings (SSSR count). The van der Waals surface area contributed by atoms with E-state index >= 15 is 0 Å². The highest BCUT2D eigenvalue weighted by molar-refractivity contribution is 5.76. The van der Waals surface area contributed by atoms with Gasteiger partial charge >= 0.3 is 0 Å². The summed E-state index contributed by atoms with van der Waals surface area (Å²) in [5.74, 6) is 0.994. The van der Waals surface area contributed by atoms with Gasteiger partial charge in [0, 0.05) is 43.9 Å². The Morgan fingerprint density at radius 1 is 1.35 bits per heavy atom. The monoisotopic (exact) mass is 356 g/mol. The van der Waals surface area contributed by atoms with Crippen LogP contribution in [0.25, 0.3) is 11.3 Å². The topological polar surface area (TPSA) is 73.0 Å². The van der Waals surface area contributed by atoms with Gasteiger partial charge in [0.05, 0.1) is 6.20 Å². The second-order valence-electron chi connectivity index (χ2n) is 6.26. The maximum atomic E-state index is 13.0. The number of halogens is 1. The molecule has 6 nitrogen and oxygen atoms in total. The summed E-state index contributed by atoms with van der Waals surface area (Å²) >= 11 is 0. The lowest BCUT2D eigenvalue weighted by atomic mass is 10.2. The summed E-state index contributed by atoms with van der Waals surface area (Å²) in [5.41, 5.74) is 0.752. The van der Waals surface area contributed by atoms with Crippen LogP contribution >= 0.6 is 0 Å². The highest BCUT2D eigenvalue weighted by Gasteiger charge is 2.10. The fourth-order valence-electron chi connectivity index (χ4n) is 2.56. The average Bonchev–Trinajstić information content (AvgIpc) is 3.31. The molecule has 0 saturated heterocycles. The van der Waals surface area contributed by atoms with Gasteiger partial charge in [-0.25, -0.2) is 9.37 Å². The molecule has 0 spiro atoms. The molecule has 0 aliphatic rings. The summed E-state index contributed by atoms with van der Waals surface area (Å²) < 4.78 is 20.4. The lowest BCUT2D eigenvalue weighted by Gasteiger charge is -2.12. The lowest BCUT2D eigenvalue weighted by Crippen LogP contribution is -2.30. The molecule has 0 aliphatic heterocycles. The van der Waals surface area contributed by atoms with Gasteiger partial charge in [0.25, 0.3) is 0 Å². The SMILES string of the molecule is C[C@@H](CNC(=O)CCc1ncc(-c2ccc(F)cc2)o1)Cn1cccn1. The van der Waals surface area contributed by atoms with E-state index in [1.807, 2.05) is 16.9 Å². The zero-order valence-corrected chi connectivity index (χ0v) is 14.6. The molecular weight excluding hydrogens is 335 g/mol. The third-order valence-electron chi connectivity index (χ3n) is 3.95. The van der Waals surface area contributed by atoms with Crippen LogP contribution in [-0.2, 0) is 17.8 Å². The second kappa shape index (κ2) is 8.42. The van der Waals surface area contributed by atoms with Gasteiger partial charge in [-0.3, -0.25) is 9.48 Å². The van der Waals surface area contributed by atoms with E-state index in [1.54, 1.807) is 24.5 Å². The fourth-order valence-corrected chi connectivity index (χ4v) is 2.56. The summed E-state index contributed by atoms with van der Waals surface area (Å²) in [6.45, 7) is 3.41. The number of nitrogens with one attached hydrogen (secondary N) is 1. The first-order valence-corrected chi connectivity index (χ1v) is 8.55. The predicted octanol–water partition coefficient (Wildman–Crippen LogP) is 3.06. The minimum Gasteiger partial charge on any atom is -0.441 e. The summed E-state index contributed by atoms with van der Waals surface area (Å²) in [5, 5.41) is 7.07. The molecular formula is C19H21FN4O2. The molecule has 3 aromatic rings. The van der Waals surface area contributed by atoms with Gasteiger partial charge < -0.3 is 9.73 Å². The Balaban J connectivity index is 1.42. The van der Waals surface area contributed by atoms with Crippen molar-refractivity contribution in [2.24, 2.45) is 5.92 Å². The van der Waals surface area contributed by atoms with Gasteiger partial charge in [0.15, 0.2) is 11.7 Å². The number of rotatable bonds is 8. The number of aryl methyl sites for hydroxylation is 1. The van der Waals surface area contributed by atoms with Gasteiger partial charge in [-0.2, -0.15) is 5.10 Å². The second-order valence-corrected chi connectivity index (χ2v) is 6.26. The van der Waals surface area contributed by atoms with Gasteiger partial charge in [-0.1, -0.05) is 6.92 Å². The van der Waals surface area contributed by atoms with Crippen LogP contribution in [0.2, 0.25) is 0 Å². The molecule has 0 bridgehead atoms. The van der Waals surface area contributed by atoms with Gasteiger partial charge in [-0.15, -0.1) is 0 Å². The number of benzene rings is 1. The van der Waals surface area contributed by atoms with Crippen LogP contribution in [0.5, 0.6) is 0 Å². The molecule has 1 amide bonds. The Labute approximate surface area is 151 Å². The summed E-state index contributed by atoms with van der Waals surface area (Å²) in [4.78, 5) is 16.2. The van der Waals surface area contributed by atoms with Crippen LogP contribution < -0.4 is 5.32 Å². The van der Waals surface area contributed by atoms with E-state index in [2.05, 4.69) is 22.3 Å². The van der Waals surface area contributed by atoms with Crippen molar-refractivity contribution in [1.82, 2.24) is 20.1 Å². The number of amides is 1. The number of carbonyl (C=O) groups is 1. The number of oxazole rings is 1. The first-order valence-electron chi connectivity index (χ1n) is 8.55. The lowest BCUT2D eigenvalue weighted by molar-refractivity contribution is -0.121. The summed E-state index contributed by atoms with van der Waals surface area (Å²) in [6, 6.07) is 7.88. The Kier molecular flexibility index (Phi) is 5.78. The van der Waals surface area contributed by atoms with Crippen LogP contribution in [0, 0.1) is 11.7 Å². The largest absolute Gasteiger partial charge is 0.441 e. The van der Waals surface area contributed by atoms with Crippen molar-refractivity contribution in [3.63, 3.8) is 0 Å². The Morgan fingerprint density at radius 2 is 2.15 bits per heavy atom. The normalized spacial score (nSPS) is 12.1. The average molecular weight is 356 g/mol. The molecule has 0 radical (unpaired) electrons.